The van der Waals surface area contributed by atoms with E-state index in [9.17, 15) is 4.79 Å². The Balaban J connectivity index is 1.29. The van der Waals surface area contributed by atoms with Gasteiger partial charge in [0.15, 0.2) is 5.82 Å². The summed E-state index contributed by atoms with van der Waals surface area (Å²) in [5.74, 6) is 1.19. The van der Waals surface area contributed by atoms with Crippen LogP contribution in [-0.2, 0) is 0 Å². The first-order valence-electron chi connectivity index (χ1n) is 10.6. The number of pyridine rings is 2. The average molecular weight is 429 g/mol. The second-order valence-corrected chi connectivity index (χ2v) is 7.94. The molecule has 5 rings (SSSR count). The van der Waals surface area contributed by atoms with Crippen LogP contribution in [0.1, 0.15) is 16.8 Å². The minimum Gasteiger partial charge on any atom is -0.353 e. The van der Waals surface area contributed by atoms with E-state index in [-0.39, 0.29) is 5.91 Å². The van der Waals surface area contributed by atoms with Gasteiger partial charge in [0.05, 0.1) is 23.7 Å². The van der Waals surface area contributed by atoms with E-state index in [1.165, 1.54) is 0 Å². The Kier molecular flexibility index (Phi) is 5.47. The fourth-order valence-electron chi connectivity index (χ4n) is 3.82. The van der Waals surface area contributed by atoms with Gasteiger partial charge in [0.2, 0.25) is 0 Å². The number of hydrogen-bond acceptors (Lipinski definition) is 7. The van der Waals surface area contributed by atoms with Crippen molar-refractivity contribution in [2.75, 3.05) is 38.5 Å². The van der Waals surface area contributed by atoms with Crippen LogP contribution in [-0.4, -0.2) is 73.9 Å². The highest BCUT2D eigenvalue weighted by Crippen LogP contribution is 2.23. The monoisotopic (exact) mass is 428 g/mol. The molecule has 1 aliphatic rings. The van der Waals surface area contributed by atoms with E-state index >= 15 is 0 Å². The van der Waals surface area contributed by atoms with Crippen LogP contribution >= 0.6 is 0 Å². The van der Waals surface area contributed by atoms with E-state index in [4.69, 9.17) is 0 Å². The lowest BCUT2D eigenvalue weighted by molar-refractivity contribution is 0.0762. The summed E-state index contributed by atoms with van der Waals surface area (Å²) >= 11 is 0. The van der Waals surface area contributed by atoms with E-state index < -0.39 is 0 Å². The minimum absolute atomic E-state index is 0.0226. The Labute approximate surface area is 185 Å². The zero-order chi connectivity index (χ0) is 21.9. The fraction of sp³-hybridized carbons (Fsp3) is 0.261. The molecule has 1 amide bonds. The highest BCUT2D eigenvalue weighted by Gasteiger charge is 2.19. The fourth-order valence-corrected chi connectivity index (χ4v) is 3.82. The predicted molar refractivity (Wildman–Crippen MR) is 123 cm³/mol. The lowest BCUT2D eigenvalue weighted by Crippen LogP contribution is -2.34. The summed E-state index contributed by atoms with van der Waals surface area (Å²) < 4.78 is 0. The molecular weight excluding hydrogens is 404 g/mol. The topological polar surface area (TPSA) is 103 Å². The molecule has 0 unspecified atom stereocenters. The Bertz CT molecular complexity index is 1200. The second-order valence-electron chi connectivity index (χ2n) is 7.94. The molecule has 4 aromatic heterocycles. The van der Waals surface area contributed by atoms with Gasteiger partial charge in [-0.2, -0.15) is 0 Å². The van der Waals surface area contributed by atoms with Crippen molar-refractivity contribution in [3.8, 4) is 11.4 Å². The summed E-state index contributed by atoms with van der Waals surface area (Å²) in [6, 6.07) is 7.51. The average Bonchev–Trinajstić information content (AvgIpc) is 3.14. The van der Waals surface area contributed by atoms with Crippen LogP contribution in [0.25, 0.3) is 22.3 Å². The zero-order valence-corrected chi connectivity index (χ0v) is 17.8. The molecule has 162 valence electrons. The third-order valence-corrected chi connectivity index (χ3v) is 5.60. The van der Waals surface area contributed by atoms with Crippen molar-refractivity contribution in [1.82, 2.24) is 34.7 Å². The third-order valence-electron chi connectivity index (χ3n) is 5.60. The van der Waals surface area contributed by atoms with Crippen LogP contribution in [0.3, 0.4) is 0 Å². The standard InChI is InChI=1S/C23H24N8O/c1-30-7-2-8-31(10-9-30)23(32)16-3-4-21(26-13-16)29-22-15-25-14-20(28-22)19-11-17-12-24-6-5-18(17)27-19/h3-6,11-15,27H,2,7-10H2,1H3,(H,26,28,29). The lowest BCUT2D eigenvalue weighted by Gasteiger charge is -2.20. The number of amides is 1. The van der Waals surface area contributed by atoms with Crippen LogP contribution < -0.4 is 5.32 Å². The Morgan fingerprint density at radius 3 is 2.78 bits per heavy atom. The van der Waals surface area contributed by atoms with Gasteiger partial charge in [-0.15, -0.1) is 0 Å². The van der Waals surface area contributed by atoms with E-state index in [1.807, 2.05) is 23.2 Å². The molecule has 5 heterocycles. The number of nitrogens with zero attached hydrogens (tertiary/aromatic N) is 6. The molecule has 9 heteroatoms. The van der Waals surface area contributed by atoms with Gasteiger partial charge in [0, 0.05) is 49.1 Å². The van der Waals surface area contributed by atoms with Gasteiger partial charge in [-0.25, -0.2) is 9.97 Å². The molecular formula is C23H24N8O. The predicted octanol–water partition coefficient (Wildman–Crippen LogP) is 2.94. The van der Waals surface area contributed by atoms with Crippen molar-refractivity contribution < 1.29 is 4.79 Å². The summed E-state index contributed by atoms with van der Waals surface area (Å²) in [5, 5.41) is 4.18. The molecule has 0 atom stereocenters. The molecule has 1 aliphatic heterocycles. The molecule has 0 saturated carbocycles. The zero-order valence-electron chi connectivity index (χ0n) is 17.8. The van der Waals surface area contributed by atoms with Crippen LogP contribution in [0.2, 0.25) is 0 Å². The third kappa shape index (κ3) is 4.28. The normalized spacial score (nSPS) is 15.0. The number of aromatic nitrogens is 5. The van der Waals surface area contributed by atoms with Gasteiger partial charge < -0.3 is 20.1 Å². The van der Waals surface area contributed by atoms with E-state index in [0.29, 0.717) is 22.9 Å². The summed E-state index contributed by atoms with van der Waals surface area (Å²) in [4.78, 5) is 37.8. The van der Waals surface area contributed by atoms with Gasteiger partial charge in [0.1, 0.15) is 11.5 Å². The molecule has 0 bridgehead atoms. The van der Waals surface area contributed by atoms with Crippen molar-refractivity contribution in [2.45, 2.75) is 6.42 Å². The van der Waals surface area contributed by atoms with Crippen molar-refractivity contribution >= 4 is 28.4 Å². The van der Waals surface area contributed by atoms with Gasteiger partial charge in [0.25, 0.3) is 5.91 Å². The van der Waals surface area contributed by atoms with Gasteiger partial charge >= 0.3 is 0 Å². The number of likely N-dealkylation sites (N-methyl/N-ethyl adjacent to an activating group) is 1. The molecule has 4 aromatic rings. The number of hydrogen-bond donors (Lipinski definition) is 2. The van der Waals surface area contributed by atoms with Gasteiger partial charge in [-0.05, 0) is 44.3 Å². The molecule has 1 saturated heterocycles. The number of aromatic amines is 1. The highest BCUT2D eigenvalue weighted by molar-refractivity contribution is 5.94. The Morgan fingerprint density at radius 1 is 1.00 bits per heavy atom. The first-order chi connectivity index (χ1) is 15.7. The molecule has 32 heavy (non-hydrogen) atoms. The summed E-state index contributed by atoms with van der Waals surface area (Å²) in [6.07, 6.45) is 9.50. The first-order valence-corrected chi connectivity index (χ1v) is 10.6. The number of rotatable bonds is 4. The van der Waals surface area contributed by atoms with Crippen LogP contribution in [0.5, 0.6) is 0 Å². The Morgan fingerprint density at radius 2 is 1.94 bits per heavy atom. The van der Waals surface area contributed by atoms with Gasteiger partial charge in [-0.3, -0.25) is 14.8 Å². The van der Waals surface area contributed by atoms with Crippen molar-refractivity contribution in [3.63, 3.8) is 0 Å². The largest absolute Gasteiger partial charge is 0.353 e. The molecule has 0 aliphatic carbocycles. The molecule has 1 fully saturated rings. The van der Waals surface area contributed by atoms with Crippen molar-refractivity contribution in [1.29, 1.82) is 0 Å². The summed E-state index contributed by atoms with van der Waals surface area (Å²) in [6.45, 7) is 3.41. The number of fused-ring (bicyclic) bond motifs is 1. The number of carbonyl (C=O) groups excluding carboxylic acids is 1. The maximum Gasteiger partial charge on any atom is 0.255 e. The van der Waals surface area contributed by atoms with Crippen LogP contribution in [0.15, 0.2) is 55.2 Å². The second kappa shape index (κ2) is 8.72. The number of anilines is 2. The molecule has 0 aromatic carbocycles. The van der Waals surface area contributed by atoms with Crippen LogP contribution in [0, 0.1) is 0 Å². The summed E-state index contributed by atoms with van der Waals surface area (Å²) in [5.41, 5.74) is 3.16. The number of nitrogens with one attached hydrogen (secondary N) is 2. The van der Waals surface area contributed by atoms with E-state index in [0.717, 1.165) is 49.2 Å². The number of carbonyl (C=O) groups is 1. The molecule has 0 spiro atoms. The summed E-state index contributed by atoms with van der Waals surface area (Å²) in [7, 11) is 2.09. The van der Waals surface area contributed by atoms with E-state index in [1.54, 1.807) is 36.9 Å². The quantitative estimate of drug-likeness (QED) is 0.515. The minimum atomic E-state index is 0.0226. The van der Waals surface area contributed by atoms with Crippen molar-refractivity contribution in [2.24, 2.45) is 0 Å². The maximum atomic E-state index is 12.8. The SMILES string of the molecule is CN1CCCN(C(=O)c2ccc(Nc3cncc(-c4cc5cnccc5[nH]4)n3)nc2)CC1. The van der Waals surface area contributed by atoms with Gasteiger partial charge in [-0.1, -0.05) is 0 Å². The van der Waals surface area contributed by atoms with E-state index in [2.05, 4.69) is 42.2 Å². The highest BCUT2D eigenvalue weighted by atomic mass is 16.2. The smallest absolute Gasteiger partial charge is 0.255 e. The molecule has 2 N–H and O–H groups in total. The van der Waals surface area contributed by atoms with Crippen molar-refractivity contribution in [3.05, 3.63) is 60.8 Å². The molecule has 0 radical (unpaired) electrons. The Hall–Kier alpha value is -3.85. The van der Waals surface area contributed by atoms with Crippen LogP contribution in [0.4, 0.5) is 11.6 Å². The molecule has 9 nitrogen and oxygen atoms in total. The lowest BCUT2D eigenvalue weighted by atomic mass is 10.2. The first kappa shape index (κ1) is 20.1. The number of H-pyrrole nitrogens is 1. The maximum absolute atomic E-state index is 12.8.